The zero-order valence-electron chi connectivity index (χ0n) is 16.5. The first-order valence-electron chi connectivity index (χ1n) is 9.48. The molecule has 0 bridgehead atoms. The maximum absolute atomic E-state index is 10.7. The zero-order valence-corrected chi connectivity index (χ0v) is 17.3. The first-order valence-corrected chi connectivity index (χ1v) is 10.4. The van der Waals surface area contributed by atoms with Gasteiger partial charge in [-0.1, -0.05) is 31.2 Å². The van der Waals surface area contributed by atoms with Crippen LogP contribution in [0.2, 0.25) is 0 Å². The Morgan fingerprint density at radius 3 is 2.63 bits per heavy atom. The van der Waals surface area contributed by atoms with Crippen molar-refractivity contribution in [2.45, 2.75) is 45.9 Å². The molecule has 0 radical (unpaired) electrons. The molecule has 0 spiro atoms. The molecule has 5 nitrogen and oxygen atoms in total. The van der Waals surface area contributed by atoms with Crippen LogP contribution >= 0.6 is 11.3 Å². The Hall–Kier alpha value is -1.89. The van der Waals surface area contributed by atoms with Crippen LogP contribution in [0.5, 0.6) is 0 Å². The van der Waals surface area contributed by atoms with E-state index >= 15 is 0 Å². The molecule has 0 amide bonds. The Balaban J connectivity index is 2.01. The number of nitrogens with zero attached hydrogens (tertiary/aromatic N) is 1. The van der Waals surface area contributed by atoms with Gasteiger partial charge in [0, 0.05) is 13.2 Å². The van der Waals surface area contributed by atoms with Crippen molar-refractivity contribution in [3.63, 3.8) is 0 Å². The molecule has 0 aliphatic carbocycles. The van der Waals surface area contributed by atoms with Crippen LogP contribution in [0.15, 0.2) is 46.1 Å². The quantitative estimate of drug-likeness (QED) is 0.330. The van der Waals surface area contributed by atoms with E-state index in [0.29, 0.717) is 25.7 Å². The van der Waals surface area contributed by atoms with Crippen LogP contribution in [0.1, 0.15) is 43.9 Å². The fourth-order valence-electron chi connectivity index (χ4n) is 2.61. The first-order chi connectivity index (χ1) is 13.1. The van der Waals surface area contributed by atoms with Crippen molar-refractivity contribution in [2.24, 2.45) is 4.99 Å². The Morgan fingerprint density at radius 2 is 1.96 bits per heavy atom. The Labute approximate surface area is 166 Å². The number of hydrogen-bond acceptors (Lipinski definition) is 4. The van der Waals surface area contributed by atoms with Gasteiger partial charge in [0.05, 0.1) is 19.7 Å². The van der Waals surface area contributed by atoms with Gasteiger partial charge in [0.15, 0.2) is 5.96 Å². The minimum absolute atomic E-state index is 0.386. The predicted octanol–water partition coefficient (Wildman–Crippen LogP) is 3.64. The lowest BCUT2D eigenvalue weighted by Gasteiger charge is -2.24. The largest absolute Gasteiger partial charge is 0.384 e. The number of ether oxygens (including phenoxy) is 1. The van der Waals surface area contributed by atoms with Crippen LogP contribution < -0.4 is 10.6 Å². The first kappa shape index (κ1) is 21.4. The number of guanidine groups is 1. The van der Waals surface area contributed by atoms with Crippen molar-refractivity contribution in [3.05, 3.63) is 57.8 Å². The molecular formula is C21H31N3O2S. The highest BCUT2D eigenvalue weighted by Crippen LogP contribution is 2.22. The van der Waals surface area contributed by atoms with Gasteiger partial charge in [-0.2, -0.15) is 11.3 Å². The van der Waals surface area contributed by atoms with Crippen LogP contribution in [-0.2, 0) is 23.5 Å². The molecule has 0 aliphatic heterocycles. The van der Waals surface area contributed by atoms with E-state index < -0.39 is 5.60 Å². The summed E-state index contributed by atoms with van der Waals surface area (Å²) >= 11 is 1.58. The topological polar surface area (TPSA) is 65.9 Å². The molecule has 1 aromatic heterocycles. The van der Waals surface area contributed by atoms with Gasteiger partial charge in [-0.15, -0.1) is 0 Å². The van der Waals surface area contributed by atoms with E-state index in [0.717, 1.165) is 36.3 Å². The highest BCUT2D eigenvalue weighted by atomic mass is 32.1. The summed E-state index contributed by atoms with van der Waals surface area (Å²) in [5.41, 5.74) is 2.28. The molecule has 1 aromatic carbocycles. The summed E-state index contributed by atoms with van der Waals surface area (Å²) in [5.74, 6) is 0.692. The van der Waals surface area contributed by atoms with Crippen molar-refractivity contribution in [1.82, 2.24) is 10.6 Å². The summed E-state index contributed by atoms with van der Waals surface area (Å²) < 4.78 is 5.69. The second kappa shape index (κ2) is 11.1. The van der Waals surface area contributed by atoms with Crippen LogP contribution in [0, 0.1) is 0 Å². The third-order valence-corrected chi connectivity index (χ3v) is 4.90. The standard InChI is InChI=1S/C21H31N3O2S/c1-4-11-26-14-18-9-7-6-8-17(18)13-23-20(22-5-2)24-16-21(3,25)19-10-12-27-15-19/h6-10,12,15,25H,4-5,11,13-14,16H2,1-3H3,(H2,22,23,24). The molecule has 148 valence electrons. The van der Waals surface area contributed by atoms with Gasteiger partial charge in [0.25, 0.3) is 0 Å². The lowest BCUT2D eigenvalue weighted by atomic mass is 9.99. The minimum Gasteiger partial charge on any atom is -0.384 e. The average Bonchev–Trinajstić information content (AvgIpc) is 3.21. The van der Waals surface area contributed by atoms with Crippen LogP contribution in [-0.4, -0.2) is 30.8 Å². The van der Waals surface area contributed by atoms with E-state index in [1.54, 1.807) is 11.3 Å². The summed E-state index contributed by atoms with van der Waals surface area (Å²) in [4.78, 5) is 4.69. The molecule has 3 N–H and O–H groups in total. The second-order valence-electron chi connectivity index (χ2n) is 6.66. The number of thiophene rings is 1. The number of hydrogen-bond donors (Lipinski definition) is 3. The smallest absolute Gasteiger partial charge is 0.191 e. The molecule has 0 saturated carbocycles. The molecule has 2 aromatic rings. The summed E-state index contributed by atoms with van der Waals surface area (Å²) in [5, 5.41) is 21.1. The number of nitrogens with one attached hydrogen (secondary N) is 2. The molecular weight excluding hydrogens is 358 g/mol. The van der Waals surface area contributed by atoms with Gasteiger partial charge in [-0.25, -0.2) is 4.99 Å². The maximum atomic E-state index is 10.7. The van der Waals surface area contributed by atoms with Crippen LogP contribution in [0.25, 0.3) is 0 Å². The summed E-state index contributed by atoms with van der Waals surface area (Å²) in [7, 11) is 0. The second-order valence-corrected chi connectivity index (χ2v) is 7.44. The third kappa shape index (κ3) is 6.97. The fraction of sp³-hybridized carbons (Fsp3) is 0.476. The van der Waals surface area contributed by atoms with Gasteiger partial charge >= 0.3 is 0 Å². The fourth-order valence-corrected chi connectivity index (χ4v) is 3.40. The maximum Gasteiger partial charge on any atom is 0.191 e. The van der Waals surface area contributed by atoms with Crippen LogP contribution in [0.4, 0.5) is 0 Å². The van der Waals surface area contributed by atoms with Crippen LogP contribution in [0.3, 0.4) is 0 Å². The predicted molar refractivity (Wildman–Crippen MR) is 113 cm³/mol. The Bertz CT molecular complexity index is 699. The molecule has 1 heterocycles. The Morgan fingerprint density at radius 1 is 1.19 bits per heavy atom. The van der Waals surface area contributed by atoms with E-state index in [4.69, 9.17) is 4.74 Å². The monoisotopic (exact) mass is 389 g/mol. The number of aliphatic hydroxyl groups is 1. The highest BCUT2D eigenvalue weighted by molar-refractivity contribution is 7.08. The van der Waals surface area contributed by atoms with Gasteiger partial charge in [0.1, 0.15) is 5.60 Å². The van der Waals surface area contributed by atoms with E-state index in [1.807, 2.05) is 42.8 Å². The van der Waals surface area contributed by atoms with E-state index in [1.165, 1.54) is 0 Å². The van der Waals surface area contributed by atoms with Crippen molar-refractivity contribution in [2.75, 3.05) is 19.7 Å². The lowest BCUT2D eigenvalue weighted by molar-refractivity contribution is 0.0621. The van der Waals surface area contributed by atoms with Gasteiger partial charge in [-0.3, -0.25) is 0 Å². The number of rotatable bonds is 10. The van der Waals surface area contributed by atoms with Crippen molar-refractivity contribution in [1.29, 1.82) is 0 Å². The van der Waals surface area contributed by atoms with Gasteiger partial charge < -0.3 is 20.5 Å². The molecule has 0 saturated heterocycles. The highest BCUT2D eigenvalue weighted by Gasteiger charge is 2.23. The van der Waals surface area contributed by atoms with Crippen molar-refractivity contribution < 1.29 is 9.84 Å². The Kier molecular flexibility index (Phi) is 8.78. The summed E-state index contributed by atoms with van der Waals surface area (Å²) in [6.45, 7) is 9.02. The summed E-state index contributed by atoms with van der Waals surface area (Å²) in [6, 6.07) is 10.2. The summed E-state index contributed by atoms with van der Waals surface area (Å²) in [6.07, 6.45) is 1.01. The molecule has 27 heavy (non-hydrogen) atoms. The average molecular weight is 390 g/mol. The van der Waals surface area contributed by atoms with Gasteiger partial charge in [0.2, 0.25) is 0 Å². The number of benzene rings is 1. The number of aliphatic imine (C=N–C) groups is 1. The van der Waals surface area contributed by atoms with E-state index in [-0.39, 0.29) is 0 Å². The molecule has 6 heteroatoms. The van der Waals surface area contributed by atoms with E-state index in [2.05, 4.69) is 34.7 Å². The molecule has 0 fully saturated rings. The molecule has 2 rings (SSSR count). The molecule has 1 unspecified atom stereocenters. The normalized spacial score (nSPS) is 14.0. The zero-order chi connectivity index (χ0) is 19.5. The third-order valence-electron chi connectivity index (χ3n) is 4.22. The lowest BCUT2D eigenvalue weighted by Crippen LogP contribution is -2.44. The van der Waals surface area contributed by atoms with Gasteiger partial charge in [-0.05, 0) is 53.8 Å². The van der Waals surface area contributed by atoms with Crippen molar-refractivity contribution in [3.8, 4) is 0 Å². The molecule has 0 aliphatic rings. The van der Waals surface area contributed by atoms with E-state index in [9.17, 15) is 5.11 Å². The molecule has 1 atom stereocenters. The SMILES string of the molecule is CCCOCc1ccccc1CN=C(NCC)NCC(C)(O)c1ccsc1. The van der Waals surface area contributed by atoms with Crippen molar-refractivity contribution >= 4 is 17.3 Å². The minimum atomic E-state index is -0.942.